The molecule has 0 spiro atoms. The quantitative estimate of drug-likeness (QED) is 0.571. The molecule has 0 amide bonds. The molecule has 0 aliphatic heterocycles. The third-order valence-electron chi connectivity index (χ3n) is 4.56. The van der Waals surface area contributed by atoms with E-state index in [9.17, 15) is 8.42 Å². The average molecular weight is 463 g/mol. The molecule has 7 heteroatoms. The summed E-state index contributed by atoms with van der Waals surface area (Å²) in [6.07, 6.45) is 0.523. The van der Waals surface area contributed by atoms with Crippen LogP contribution in [0.1, 0.15) is 5.56 Å². The molecule has 148 valence electrons. The highest BCUT2D eigenvalue weighted by atomic mass is 79.9. The summed E-state index contributed by atoms with van der Waals surface area (Å²) in [5, 5.41) is 1.62. The normalized spacial score (nSPS) is 11.6. The predicted molar refractivity (Wildman–Crippen MR) is 118 cm³/mol. The Morgan fingerprint density at radius 3 is 2.46 bits per heavy atom. The van der Waals surface area contributed by atoms with Gasteiger partial charge >= 0.3 is 0 Å². The van der Waals surface area contributed by atoms with Gasteiger partial charge in [0.15, 0.2) is 0 Å². The van der Waals surface area contributed by atoms with Crippen molar-refractivity contribution in [3.63, 3.8) is 0 Å². The van der Waals surface area contributed by atoms with Gasteiger partial charge in [0.25, 0.3) is 0 Å². The lowest BCUT2D eigenvalue weighted by Crippen LogP contribution is -2.26. The molecule has 0 aliphatic rings. The van der Waals surface area contributed by atoms with E-state index in [0.717, 1.165) is 26.9 Å². The lowest BCUT2D eigenvalue weighted by atomic mass is 10.1. The van der Waals surface area contributed by atoms with Gasteiger partial charge in [-0.2, -0.15) is 0 Å². The van der Waals surface area contributed by atoms with Gasteiger partial charge in [0.2, 0.25) is 10.0 Å². The summed E-state index contributed by atoms with van der Waals surface area (Å²) in [6.45, 7) is 0.277. The predicted octanol–water partition coefficient (Wildman–Crippen LogP) is 4.20. The zero-order valence-corrected chi connectivity index (χ0v) is 18.5. The van der Waals surface area contributed by atoms with E-state index in [1.165, 1.54) is 0 Å². The maximum atomic E-state index is 13.0. The Bertz CT molecular complexity index is 1100. The molecule has 5 nitrogen and oxygen atoms in total. The topological polar surface area (TPSA) is 58.6 Å². The standard InChI is InChI=1S/C21H23BrN2O3S/c1-24(2)19-8-4-7-18-17(19)6-5-9-21(18)28(25,26)23-13-12-15-14-16(22)10-11-20(15)27-3/h4-11,14,23H,12-13H2,1-3H3. The summed E-state index contributed by atoms with van der Waals surface area (Å²) >= 11 is 3.44. The summed E-state index contributed by atoms with van der Waals surface area (Å²) in [4.78, 5) is 2.26. The highest BCUT2D eigenvalue weighted by molar-refractivity contribution is 9.10. The summed E-state index contributed by atoms with van der Waals surface area (Å²) in [7, 11) is 1.84. The van der Waals surface area contributed by atoms with Gasteiger partial charge < -0.3 is 9.64 Å². The molecule has 0 atom stereocenters. The van der Waals surface area contributed by atoms with Crippen LogP contribution < -0.4 is 14.4 Å². The minimum Gasteiger partial charge on any atom is -0.496 e. The summed E-state index contributed by atoms with van der Waals surface area (Å²) in [5.74, 6) is 0.739. The van der Waals surface area contributed by atoms with E-state index in [-0.39, 0.29) is 11.4 Å². The van der Waals surface area contributed by atoms with Crippen LogP contribution in [-0.2, 0) is 16.4 Å². The van der Waals surface area contributed by atoms with E-state index in [1.807, 2.05) is 61.5 Å². The molecule has 0 unspecified atom stereocenters. The molecule has 1 N–H and O–H groups in total. The van der Waals surface area contributed by atoms with Gasteiger partial charge in [-0.1, -0.05) is 40.2 Å². The van der Waals surface area contributed by atoms with Crippen molar-refractivity contribution in [3.8, 4) is 5.75 Å². The maximum absolute atomic E-state index is 13.0. The smallest absolute Gasteiger partial charge is 0.241 e. The highest BCUT2D eigenvalue weighted by Crippen LogP contribution is 2.30. The van der Waals surface area contributed by atoms with Gasteiger partial charge in [-0.25, -0.2) is 13.1 Å². The first-order chi connectivity index (χ1) is 13.3. The van der Waals surface area contributed by atoms with Crippen molar-refractivity contribution in [3.05, 3.63) is 64.6 Å². The SMILES string of the molecule is COc1ccc(Br)cc1CCNS(=O)(=O)c1cccc2c(N(C)C)cccc12. The molecular weight excluding hydrogens is 440 g/mol. The number of halogens is 1. The van der Waals surface area contributed by atoms with Crippen LogP contribution in [0.4, 0.5) is 5.69 Å². The zero-order valence-electron chi connectivity index (χ0n) is 16.1. The van der Waals surface area contributed by atoms with Gasteiger partial charge in [0.05, 0.1) is 12.0 Å². The molecule has 3 rings (SSSR count). The number of hydrogen-bond acceptors (Lipinski definition) is 4. The number of nitrogens with one attached hydrogen (secondary N) is 1. The van der Waals surface area contributed by atoms with Crippen LogP contribution >= 0.6 is 15.9 Å². The summed E-state index contributed by atoms with van der Waals surface area (Å²) in [5.41, 5.74) is 1.92. The van der Waals surface area contributed by atoms with E-state index in [0.29, 0.717) is 11.8 Å². The first kappa shape index (κ1) is 20.6. The number of fused-ring (bicyclic) bond motifs is 1. The lowest BCUT2D eigenvalue weighted by molar-refractivity contribution is 0.409. The monoisotopic (exact) mass is 462 g/mol. The van der Waals surface area contributed by atoms with Crippen molar-refractivity contribution in [2.45, 2.75) is 11.3 Å². The average Bonchev–Trinajstić information content (AvgIpc) is 2.67. The van der Waals surface area contributed by atoms with Crippen LogP contribution in [0.2, 0.25) is 0 Å². The first-order valence-electron chi connectivity index (χ1n) is 8.84. The third kappa shape index (κ3) is 4.32. The molecule has 0 heterocycles. The van der Waals surface area contributed by atoms with E-state index in [2.05, 4.69) is 20.7 Å². The summed E-state index contributed by atoms with van der Waals surface area (Å²) < 4.78 is 35.0. The van der Waals surface area contributed by atoms with Crippen LogP contribution in [0.15, 0.2) is 64.0 Å². The van der Waals surface area contributed by atoms with Gasteiger partial charge in [-0.15, -0.1) is 0 Å². The Morgan fingerprint density at radius 2 is 1.75 bits per heavy atom. The van der Waals surface area contributed by atoms with Crippen LogP contribution in [-0.4, -0.2) is 36.2 Å². The number of benzene rings is 3. The molecule has 28 heavy (non-hydrogen) atoms. The molecule has 3 aromatic rings. The molecule has 0 fully saturated rings. The van der Waals surface area contributed by atoms with Gasteiger partial charge in [-0.3, -0.25) is 0 Å². The molecule has 0 saturated carbocycles. The van der Waals surface area contributed by atoms with Crippen molar-refractivity contribution in [1.29, 1.82) is 0 Å². The number of rotatable bonds is 7. The number of nitrogens with zero attached hydrogens (tertiary/aromatic N) is 1. The van der Waals surface area contributed by atoms with Crippen LogP contribution in [0, 0.1) is 0 Å². The fourth-order valence-electron chi connectivity index (χ4n) is 3.23. The van der Waals surface area contributed by atoms with Crippen molar-refractivity contribution in [2.24, 2.45) is 0 Å². The first-order valence-corrected chi connectivity index (χ1v) is 11.1. The van der Waals surface area contributed by atoms with Crippen molar-refractivity contribution in [2.75, 3.05) is 32.6 Å². The minimum atomic E-state index is -3.65. The largest absolute Gasteiger partial charge is 0.496 e. The Kier molecular flexibility index (Phi) is 6.27. The van der Waals surface area contributed by atoms with Crippen LogP contribution in [0.5, 0.6) is 5.75 Å². The molecular formula is C21H23BrN2O3S. The van der Waals surface area contributed by atoms with Crippen LogP contribution in [0.25, 0.3) is 10.8 Å². The number of hydrogen-bond donors (Lipinski definition) is 1. The van der Waals surface area contributed by atoms with E-state index < -0.39 is 10.0 Å². The Labute approximate surface area is 174 Å². The maximum Gasteiger partial charge on any atom is 0.241 e. The lowest BCUT2D eigenvalue weighted by Gasteiger charge is -2.17. The fourth-order valence-corrected chi connectivity index (χ4v) is 4.89. The number of methoxy groups -OCH3 is 1. The molecule has 3 aromatic carbocycles. The highest BCUT2D eigenvalue weighted by Gasteiger charge is 2.18. The van der Waals surface area contributed by atoms with Crippen molar-refractivity contribution < 1.29 is 13.2 Å². The molecule has 0 saturated heterocycles. The van der Waals surface area contributed by atoms with Crippen molar-refractivity contribution >= 4 is 42.4 Å². The summed E-state index contributed by atoms with van der Waals surface area (Å²) in [6, 6.07) is 16.8. The minimum absolute atomic E-state index is 0.277. The number of anilines is 1. The fraction of sp³-hybridized carbons (Fsp3) is 0.238. The third-order valence-corrected chi connectivity index (χ3v) is 6.57. The van der Waals surface area contributed by atoms with Gasteiger partial charge in [0.1, 0.15) is 5.75 Å². The van der Waals surface area contributed by atoms with E-state index in [4.69, 9.17) is 4.74 Å². The second-order valence-electron chi connectivity index (χ2n) is 6.63. The molecule has 0 bridgehead atoms. The zero-order chi connectivity index (χ0) is 20.3. The second-order valence-corrected chi connectivity index (χ2v) is 9.28. The molecule has 0 radical (unpaired) electrons. The Hall–Kier alpha value is -2.09. The van der Waals surface area contributed by atoms with Gasteiger partial charge in [-0.05, 0) is 42.3 Å². The molecule has 0 aromatic heterocycles. The Morgan fingerprint density at radius 1 is 1.04 bits per heavy atom. The van der Waals surface area contributed by atoms with Crippen molar-refractivity contribution in [1.82, 2.24) is 4.72 Å². The van der Waals surface area contributed by atoms with E-state index in [1.54, 1.807) is 19.2 Å². The van der Waals surface area contributed by atoms with Gasteiger partial charge in [0, 0.05) is 41.6 Å². The second kappa shape index (κ2) is 8.51. The number of ether oxygens (including phenoxy) is 1. The number of sulfonamides is 1. The van der Waals surface area contributed by atoms with Crippen LogP contribution in [0.3, 0.4) is 0 Å². The Balaban J connectivity index is 1.86. The van der Waals surface area contributed by atoms with E-state index >= 15 is 0 Å². The molecule has 0 aliphatic carbocycles.